The van der Waals surface area contributed by atoms with Crippen LogP contribution in [0.4, 0.5) is 4.79 Å². The molecule has 0 bridgehead atoms. The lowest BCUT2D eigenvalue weighted by molar-refractivity contribution is 0.175. The number of amides is 2. The van der Waals surface area contributed by atoms with E-state index < -0.39 is 0 Å². The van der Waals surface area contributed by atoms with Gasteiger partial charge in [-0.3, -0.25) is 0 Å². The molecule has 0 radical (unpaired) electrons. The number of piperidine rings is 1. The second kappa shape index (κ2) is 7.88. The summed E-state index contributed by atoms with van der Waals surface area (Å²) in [7, 11) is 0. The van der Waals surface area contributed by atoms with Gasteiger partial charge in [0.05, 0.1) is 6.54 Å². The number of fused-ring (bicyclic) bond motifs is 1. The van der Waals surface area contributed by atoms with Gasteiger partial charge in [-0.2, -0.15) is 0 Å². The topological polar surface area (TPSA) is 53.6 Å². The molecule has 0 saturated carbocycles. The van der Waals surface area contributed by atoms with Gasteiger partial charge in [0.15, 0.2) is 0 Å². The van der Waals surface area contributed by atoms with E-state index in [2.05, 4.69) is 35.4 Å². The Labute approximate surface area is 144 Å². The van der Waals surface area contributed by atoms with E-state index in [1.165, 1.54) is 5.56 Å². The molecule has 1 aromatic rings. The minimum absolute atomic E-state index is 0.0426. The van der Waals surface area contributed by atoms with Crippen molar-refractivity contribution in [2.24, 2.45) is 5.92 Å². The molecule has 24 heavy (non-hydrogen) atoms. The van der Waals surface area contributed by atoms with Crippen LogP contribution in [0.3, 0.4) is 0 Å². The number of hydrogen-bond acceptors (Lipinski definition) is 3. The van der Waals surface area contributed by atoms with E-state index >= 15 is 0 Å². The first-order chi connectivity index (χ1) is 11.6. The number of nitrogens with one attached hydrogen (secondary N) is 2. The van der Waals surface area contributed by atoms with E-state index in [4.69, 9.17) is 4.74 Å². The fraction of sp³-hybridized carbons (Fsp3) is 0.632. The Bertz CT molecular complexity index is 528. The summed E-state index contributed by atoms with van der Waals surface area (Å²) in [5.41, 5.74) is 1.22. The first kappa shape index (κ1) is 17.1. The molecule has 1 atom stereocenters. The van der Waals surface area contributed by atoms with Crippen molar-refractivity contribution < 1.29 is 9.53 Å². The number of urea groups is 1. The molecule has 2 amide bonds. The zero-order chi connectivity index (χ0) is 16.9. The number of nitrogens with zero attached hydrogens (tertiary/aromatic N) is 1. The van der Waals surface area contributed by atoms with Crippen molar-refractivity contribution in [1.29, 1.82) is 0 Å². The highest BCUT2D eigenvalue weighted by molar-refractivity contribution is 5.74. The molecule has 132 valence electrons. The summed E-state index contributed by atoms with van der Waals surface area (Å²) in [5, 5.41) is 6.07. The van der Waals surface area contributed by atoms with Crippen molar-refractivity contribution in [3.63, 3.8) is 0 Å². The van der Waals surface area contributed by atoms with Crippen LogP contribution in [0.15, 0.2) is 24.3 Å². The van der Waals surface area contributed by atoms with Crippen molar-refractivity contribution >= 4 is 6.03 Å². The number of hydrogen-bond donors (Lipinski definition) is 2. The summed E-state index contributed by atoms with van der Waals surface area (Å²) in [5.74, 6) is 1.65. The Morgan fingerprint density at radius 2 is 2.04 bits per heavy atom. The van der Waals surface area contributed by atoms with Crippen LogP contribution < -0.4 is 15.4 Å². The van der Waals surface area contributed by atoms with Gasteiger partial charge in [-0.1, -0.05) is 32.0 Å². The second-order valence-corrected chi connectivity index (χ2v) is 7.37. The largest absolute Gasteiger partial charge is 0.488 e. The highest BCUT2D eigenvalue weighted by Crippen LogP contribution is 2.27. The number of carbonyl (C=O) groups is 1. The van der Waals surface area contributed by atoms with Crippen molar-refractivity contribution in [2.75, 3.05) is 26.2 Å². The molecule has 1 saturated heterocycles. The van der Waals surface area contributed by atoms with Gasteiger partial charge in [0.2, 0.25) is 0 Å². The zero-order valence-corrected chi connectivity index (χ0v) is 14.8. The van der Waals surface area contributed by atoms with Crippen LogP contribution in [0.25, 0.3) is 0 Å². The van der Waals surface area contributed by atoms with E-state index in [-0.39, 0.29) is 18.2 Å². The van der Waals surface area contributed by atoms with Gasteiger partial charge in [-0.25, -0.2) is 4.79 Å². The molecule has 0 spiro atoms. The molecule has 0 aliphatic carbocycles. The molecule has 3 rings (SSSR count). The summed E-state index contributed by atoms with van der Waals surface area (Å²) >= 11 is 0. The van der Waals surface area contributed by atoms with Crippen molar-refractivity contribution in [3.8, 4) is 5.75 Å². The predicted molar refractivity (Wildman–Crippen MR) is 95.4 cm³/mol. The third-order valence-electron chi connectivity index (χ3n) is 4.75. The lowest BCUT2D eigenvalue weighted by Gasteiger charge is -2.33. The van der Waals surface area contributed by atoms with Crippen molar-refractivity contribution in [3.05, 3.63) is 29.8 Å². The first-order valence-corrected chi connectivity index (χ1v) is 9.11. The monoisotopic (exact) mass is 331 g/mol. The normalized spacial score (nSPS) is 21.4. The lowest BCUT2D eigenvalue weighted by atomic mass is 10.0. The second-order valence-electron chi connectivity index (χ2n) is 7.37. The fourth-order valence-corrected chi connectivity index (χ4v) is 3.59. The number of ether oxygens (including phenoxy) is 1. The first-order valence-electron chi connectivity index (χ1n) is 9.11. The number of carbonyl (C=O) groups excluding carboxylic acids is 1. The standard InChI is InChI=1S/C19H29N3O2/c1-14(2)13-22-9-7-16(8-10-22)21-19(23)20-12-17-11-15-5-3-4-6-18(15)24-17/h3-6,14,16-17H,7-13H2,1-2H3,(H2,20,21,23)/t17-/m0/s1. The van der Waals surface area contributed by atoms with Crippen LogP contribution in [-0.4, -0.2) is 49.3 Å². The van der Waals surface area contributed by atoms with E-state index in [1.54, 1.807) is 0 Å². The molecule has 2 aliphatic rings. The fourth-order valence-electron chi connectivity index (χ4n) is 3.59. The van der Waals surface area contributed by atoms with Gasteiger partial charge in [0, 0.05) is 32.1 Å². The Morgan fingerprint density at radius 1 is 1.29 bits per heavy atom. The molecule has 2 heterocycles. The van der Waals surface area contributed by atoms with Crippen LogP contribution in [0.2, 0.25) is 0 Å². The van der Waals surface area contributed by atoms with Crippen molar-refractivity contribution in [2.45, 2.75) is 45.3 Å². The summed E-state index contributed by atoms with van der Waals surface area (Å²) in [6.45, 7) is 8.35. The van der Waals surface area contributed by atoms with Gasteiger partial charge in [-0.05, 0) is 30.4 Å². The summed E-state index contributed by atoms with van der Waals surface area (Å²) in [6, 6.07) is 8.29. The average molecular weight is 331 g/mol. The summed E-state index contributed by atoms with van der Waals surface area (Å²) < 4.78 is 5.85. The molecule has 5 heteroatoms. The molecular formula is C19H29N3O2. The molecule has 2 aliphatic heterocycles. The van der Waals surface area contributed by atoms with Crippen LogP contribution in [0.5, 0.6) is 5.75 Å². The third-order valence-corrected chi connectivity index (χ3v) is 4.75. The molecule has 0 aromatic heterocycles. The quantitative estimate of drug-likeness (QED) is 0.871. The van der Waals surface area contributed by atoms with Gasteiger partial charge in [0.25, 0.3) is 0 Å². The molecule has 1 aromatic carbocycles. The van der Waals surface area contributed by atoms with Crippen LogP contribution in [0, 0.1) is 5.92 Å². The summed E-state index contributed by atoms with van der Waals surface area (Å²) in [4.78, 5) is 14.6. The Hall–Kier alpha value is -1.75. The summed E-state index contributed by atoms with van der Waals surface area (Å²) in [6.07, 6.45) is 2.97. The van der Waals surface area contributed by atoms with Crippen LogP contribution in [-0.2, 0) is 6.42 Å². The SMILES string of the molecule is CC(C)CN1CCC(NC(=O)NC[C@@H]2Cc3ccccc3O2)CC1. The highest BCUT2D eigenvalue weighted by Gasteiger charge is 2.24. The van der Waals surface area contributed by atoms with Gasteiger partial charge in [-0.15, -0.1) is 0 Å². The predicted octanol–water partition coefficient (Wildman–Crippen LogP) is 2.41. The van der Waals surface area contributed by atoms with E-state index in [9.17, 15) is 4.79 Å². The zero-order valence-electron chi connectivity index (χ0n) is 14.8. The maximum absolute atomic E-state index is 12.1. The number of benzene rings is 1. The minimum Gasteiger partial charge on any atom is -0.488 e. The van der Waals surface area contributed by atoms with E-state index in [0.717, 1.165) is 44.6 Å². The van der Waals surface area contributed by atoms with Crippen LogP contribution >= 0.6 is 0 Å². The Kier molecular flexibility index (Phi) is 5.61. The molecule has 2 N–H and O–H groups in total. The maximum atomic E-state index is 12.1. The molecule has 1 fully saturated rings. The highest BCUT2D eigenvalue weighted by atomic mass is 16.5. The van der Waals surface area contributed by atoms with Crippen molar-refractivity contribution in [1.82, 2.24) is 15.5 Å². The van der Waals surface area contributed by atoms with Gasteiger partial charge in [0.1, 0.15) is 11.9 Å². The number of likely N-dealkylation sites (tertiary alicyclic amines) is 1. The number of para-hydroxylation sites is 1. The minimum atomic E-state index is -0.0723. The van der Waals surface area contributed by atoms with Gasteiger partial charge >= 0.3 is 6.03 Å². The van der Waals surface area contributed by atoms with Crippen LogP contribution in [0.1, 0.15) is 32.3 Å². The van der Waals surface area contributed by atoms with E-state index in [0.29, 0.717) is 12.5 Å². The smallest absolute Gasteiger partial charge is 0.315 e. The molecule has 5 nitrogen and oxygen atoms in total. The average Bonchev–Trinajstić information content (AvgIpc) is 2.97. The third kappa shape index (κ3) is 4.63. The number of rotatable bonds is 5. The Balaban J connectivity index is 1.34. The van der Waals surface area contributed by atoms with Gasteiger partial charge < -0.3 is 20.3 Å². The molecular weight excluding hydrogens is 302 g/mol. The maximum Gasteiger partial charge on any atom is 0.315 e. The van der Waals surface area contributed by atoms with E-state index in [1.807, 2.05) is 18.2 Å². The molecule has 0 unspecified atom stereocenters. The Morgan fingerprint density at radius 3 is 2.75 bits per heavy atom. The lowest BCUT2D eigenvalue weighted by Crippen LogP contribution is -2.49.